The Balaban J connectivity index is 1.39. The monoisotopic (exact) mass is 431 g/mol. The van der Waals surface area contributed by atoms with E-state index in [-0.39, 0.29) is 28.7 Å². The maximum Gasteiger partial charge on any atom is 0.251 e. The van der Waals surface area contributed by atoms with Crippen molar-refractivity contribution in [3.63, 3.8) is 0 Å². The number of fused-ring (bicyclic) bond motifs is 1. The number of hydrogen-bond donors (Lipinski definition) is 2. The highest BCUT2D eigenvalue weighted by Crippen LogP contribution is 2.34. The number of benzene rings is 2. The molecule has 0 aliphatic carbocycles. The van der Waals surface area contributed by atoms with Gasteiger partial charge in [0.1, 0.15) is 5.75 Å². The van der Waals surface area contributed by atoms with Crippen LogP contribution in [-0.2, 0) is 16.4 Å². The second-order valence-corrected chi connectivity index (χ2v) is 10.3. The summed E-state index contributed by atoms with van der Waals surface area (Å²) in [5.41, 5.74) is 2.16. The average Bonchev–Trinajstić information content (AvgIpc) is 3.18. The molecule has 2 aromatic carbocycles. The van der Waals surface area contributed by atoms with Gasteiger partial charge in [-0.2, -0.15) is 0 Å². The first-order chi connectivity index (χ1) is 13.9. The Hall–Kier alpha value is -2.52. The van der Waals surface area contributed by atoms with Gasteiger partial charge in [-0.1, -0.05) is 36.0 Å². The zero-order valence-corrected chi connectivity index (χ0v) is 17.4. The van der Waals surface area contributed by atoms with Crippen LogP contribution in [0.4, 0.5) is 5.69 Å². The van der Waals surface area contributed by atoms with E-state index < -0.39 is 9.84 Å². The van der Waals surface area contributed by atoms with Crippen molar-refractivity contribution in [2.24, 2.45) is 4.99 Å². The number of aliphatic imine (C=N–C) groups is 1. The Morgan fingerprint density at radius 2 is 2.03 bits per heavy atom. The summed E-state index contributed by atoms with van der Waals surface area (Å²) in [6.07, 6.45) is 0. The summed E-state index contributed by atoms with van der Waals surface area (Å²) in [7, 11) is -1.37. The minimum Gasteiger partial charge on any atom is -0.496 e. The molecular formula is C20H21N3O4S2. The van der Waals surface area contributed by atoms with Gasteiger partial charge in [-0.25, -0.2) is 8.42 Å². The number of nitrogens with one attached hydrogen (secondary N) is 2. The van der Waals surface area contributed by atoms with E-state index in [2.05, 4.69) is 15.6 Å². The number of para-hydroxylation sites is 1. The molecule has 0 bridgehead atoms. The zero-order valence-electron chi connectivity index (χ0n) is 15.8. The summed E-state index contributed by atoms with van der Waals surface area (Å²) in [4.78, 5) is 17.0. The molecule has 1 saturated heterocycles. The number of rotatable bonds is 5. The van der Waals surface area contributed by atoms with Crippen LogP contribution in [0.1, 0.15) is 15.9 Å². The van der Waals surface area contributed by atoms with E-state index in [0.717, 1.165) is 17.0 Å². The van der Waals surface area contributed by atoms with E-state index in [1.165, 1.54) is 11.8 Å². The fraction of sp³-hybridized carbons (Fsp3) is 0.300. The van der Waals surface area contributed by atoms with Crippen LogP contribution in [0, 0.1) is 0 Å². The van der Waals surface area contributed by atoms with Gasteiger partial charge >= 0.3 is 0 Å². The molecule has 4 rings (SSSR count). The Morgan fingerprint density at radius 1 is 1.21 bits per heavy atom. The smallest absolute Gasteiger partial charge is 0.251 e. The number of anilines is 1. The molecule has 2 aliphatic rings. The molecule has 2 N–H and O–H groups in total. The Morgan fingerprint density at radius 3 is 2.83 bits per heavy atom. The van der Waals surface area contributed by atoms with E-state index in [4.69, 9.17) is 4.74 Å². The number of methoxy groups -OCH3 is 1. The molecule has 152 valence electrons. The van der Waals surface area contributed by atoms with Gasteiger partial charge in [-0.05, 0) is 24.3 Å². The van der Waals surface area contributed by atoms with E-state index in [0.29, 0.717) is 17.3 Å². The molecule has 2 atom stereocenters. The lowest BCUT2D eigenvalue weighted by atomic mass is 10.1. The molecule has 7 nitrogen and oxygen atoms in total. The number of thioether (sulfide) groups is 1. The third kappa shape index (κ3) is 4.56. The van der Waals surface area contributed by atoms with Crippen molar-refractivity contribution in [2.75, 3.05) is 23.9 Å². The molecule has 0 aromatic heterocycles. The topological polar surface area (TPSA) is 96.9 Å². The van der Waals surface area contributed by atoms with Crippen LogP contribution >= 0.6 is 11.8 Å². The molecular weight excluding hydrogens is 410 g/mol. The third-order valence-corrected chi connectivity index (χ3v) is 7.97. The van der Waals surface area contributed by atoms with Gasteiger partial charge in [-0.3, -0.25) is 9.79 Å². The molecule has 1 fully saturated rings. The van der Waals surface area contributed by atoms with Crippen LogP contribution in [0.2, 0.25) is 0 Å². The van der Waals surface area contributed by atoms with Gasteiger partial charge in [-0.15, -0.1) is 0 Å². The minimum atomic E-state index is -2.97. The molecule has 9 heteroatoms. The van der Waals surface area contributed by atoms with E-state index in [1.54, 1.807) is 25.3 Å². The summed E-state index contributed by atoms with van der Waals surface area (Å²) in [5.74, 6) is 0.819. The van der Waals surface area contributed by atoms with E-state index in [9.17, 15) is 13.2 Å². The molecule has 0 radical (unpaired) electrons. The highest BCUT2D eigenvalue weighted by atomic mass is 32.2. The number of amides is 1. The molecule has 0 saturated carbocycles. The third-order valence-electron chi connectivity index (χ3n) is 4.83. The predicted octanol–water partition coefficient (Wildman–Crippen LogP) is 2.31. The minimum absolute atomic E-state index is 0.0187. The summed E-state index contributed by atoms with van der Waals surface area (Å²) in [6, 6.07) is 14.5. The van der Waals surface area contributed by atoms with Crippen molar-refractivity contribution in [1.29, 1.82) is 0 Å². The molecule has 2 heterocycles. The Kier molecular flexibility index (Phi) is 5.51. The highest BCUT2D eigenvalue weighted by molar-refractivity contribution is 8.15. The van der Waals surface area contributed by atoms with Crippen LogP contribution in [0.5, 0.6) is 5.75 Å². The summed E-state index contributed by atoms with van der Waals surface area (Å²) in [6.45, 7) is 0.362. The van der Waals surface area contributed by atoms with Crippen molar-refractivity contribution in [3.05, 3.63) is 59.7 Å². The summed E-state index contributed by atoms with van der Waals surface area (Å²) >= 11 is 1.45. The number of carbonyl (C=O) groups is 1. The first kappa shape index (κ1) is 19.8. The molecule has 0 spiro atoms. The molecule has 2 aliphatic heterocycles. The largest absolute Gasteiger partial charge is 0.496 e. The number of ether oxygens (including phenoxy) is 1. The lowest BCUT2D eigenvalue weighted by Crippen LogP contribution is -2.23. The normalized spacial score (nSPS) is 21.9. The van der Waals surface area contributed by atoms with Gasteiger partial charge in [0.2, 0.25) is 0 Å². The Bertz CT molecular complexity index is 1070. The van der Waals surface area contributed by atoms with Crippen molar-refractivity contribution in [1.82, 2.24) is 5.32 Å². The highest BCUT2D eigenvalue weighted by Gasteiger charge is 2.42. The van der Waals surface area contributed by atoms with Gasteiger partial charge in [0.25, 0.3) is 5.91 Å². The van der Waals surface area contributed by atoms with Crippen LogP contribution in [0.15, 0.2) is 53.5 Å². The van der Waals surface area contributed by atoms with Gasteiger partial charge in [0.05, 0.1) is 24.7 Å². The number of amidine groups is 1. The van der Waals surface area contributed by atoms with Crippen molar-refractivity contribution in [2.45, 2.75) is 17.8 Å². The van der Waals surface area contributed by atoms with Crippen LogP contribution in [-0.4, -0.2) is 49.4 Å². The summed E-state index contributed by atoms with van der Waals surface area (Å²) in [5, 5.41) is 6.78. The predicted molar refractivity (Wildman–Crippen MR) is 115 cm³/mol. The lowest BCUT2D eigenvalue weighted by Gasteiger charge is -2.11. The van der Waals surface area contributed by atoms with Crippen molar-refractivity contribution < 1.29 is 17.9 Å². The van der Waals surface area contributed by atoms with Crippen molar-refractivity contribution >= 4 is 38.4 Å². The lowest BCUT2D eigenvalue weighted by molar-refractivity contribution is 0.0950. The average molecular weight is 432 g/mol. The van der Waals surface area contributed by atoms with Gasteiger partial charge < -0.3 is 15.4 Å². The summed E-state index contributed by atoms with van der Waals surface area (Å²) < 4.78 is 28.7. The fourth-order valence-corrected chi connectivity index (χ4v) is 7.08. The number of sulfone groups is 1. The fourth-order valence-electron chi connectivity index (χ4n) is 3.40. The zero-order chi connectivity index (χ0) is 20.4. The first-order valence-electron chi connectivity index (χ1n) is 9.15. The van der Waals surface area contributed by atoms with Gasteiger partial charge in [0, 0.05) is 28.6 Å². The molecule has 2 unspecified atom stereocenters. The number of hydrogen-bond acceptors (Lipinski definition) is 7. The van der Waals surface area contributed by atoms with E-state index >= 15 is 0 Å². The van der Waals surface area contributed by atoms with Crippen LogP contribution in [0.25, 0.3) is 0 Å². The van der Waals surface area contributed by atoms with E-state index in [1.807, 2.05) is 30.3 Å². The molecule has 29 heavy (non-hydrogen) atoms. The van der Waals surface area contributed by atoms with Crippen molar-refractivity contribution in [3.8, 4) is 5.75 Å². The maximum atomic E-state index is 12.6. The second-order valence-electron chi connectivity index (χ2n) is 6.94. The number of carbonyl (C=O) groups excluding carboxylic acids is 1. The maximum absolute atomic E-state index is 12.6. The first-order valence-corrected chi connectivity index (χ1v) is 11.9. The number of nitrogens with zero attached hydrogens (tertiary/aromatic N) is 1. The van der Waals surface area contributed by atoms with Crippen LogP contribution in [0.3, 0.4) is 0 Å². The van der Waals surface area contributed by atoms with Crippen LogP contribution < -0.4 is 15.4 Å². The quantitative estimate of drug-likeness (QED) is 0.754. The SMILES string of the molecule is COc1ccccc1CNC(=O)c1cccc(NC2=NC3CS(=O)(=O)CC3S2)c1. The second kappa shape index (κ2) is 8.08. The van der Waals surface area contributed by atoms with Gasteiger partial charge in [0.15, 0.2) is 15.0 Å². The standard InChI is InChI=1S/C20H21N3O4S2/c1-27-17-8-3-2-5-14(17)10-21-19(24)13-6-4-7-15(9-13)22-20-23-16-11-29(25,26)12-18(16)28-20/h2-9,16,18H,10-12H2,1H3,(H,21,24)(H,22,23). The molecule has 2 aromatic rings. The Labute approximate surface area is 173 Å². The molecule has 1 amide bonds.